The van der Waals surface area contributed by atoms with Gasteiger partial charge in [-0.25, -0.2) is 18.1 Å². The Morgan fingerprint density at radius 2 is 2.39 bits per heavy atom. The number of nitrogens with one attached hydrogen (secondary N) is 1. The summed E-state index contributed by atoms with van der Waals surface area (Å²) in [6, 6.07) is 3.04. The Morgan fingerprint density at radius 3 is 3.17 bits per heavy atom. The number of sulfonamides is 1. The van der Waals surface area contributed by atoms with Gasteiger partial charge in [-0.15, -0.1) is 11.3 Å². The number of aromatic nitrogens is 3. The third-order valence-electron chi connectivity index (χ3n) is 2.88. The Kier molecular flexibility index (Phi) is 2.92. The Balaban J connectivity index is 1.87. The molecule has 18 heavy (non-hydrogen) atoms. The van der Waals surface area contributed by atoms with E-state index in [0.717, 1.165) is 19.4 Å². The number of fused-ring (bicyclic) bond motifs is 1. The third-order valence-corrected chi connectivity index (χ3v) is 5.75. The van der Waals surface area contributed by atoms with Gasteiger partial charge in [-0.3, -0.25) is 0 Å². The van der Waals surface area contributed by atoms with E-state index in [2.05, 4.69) is 14.8 Å². The molecule has 6 nitrogen and oxygen atoms in total. The van der Waals surface area contributed by atoms with Crippen molar-refractivity contribution in [1.82, 2.24) is 19.5 Å². The molecule has 0 aliphatic carbocycles. The fraction of sp³-hybridized carbons (Fsp3) is 0.400. The molecule has 1 N–H and O–H groups in total. The molecule has 96 valence electrons. The maximum absolute atomic E-state index is 12.1. The Labute approximate surface area is 109 Å². The van der Waals surface area contributed by atoms with Crippen LogP contribution in [0.25, 0.3) is 0 Å². The molecule has 0 fully saturated rings. The second kappa shape index (κ2) is 4.45. The lowest BCUT2D eigenvalue weighted by Gasteiger charge is -2.22. The maximum atomic E-state index is 12.1. The van der Waals surface area contributed by atoms with Crippen LogP contribution in [-0.4, -0.2) is 23.2 Å². The van der Waals surface area contributed by atoms with E-state index in [4.69, 9.17) is 0 Å². The number of nitrogens with zero attached hydrogens (tertiary/aromatic N) is 3. The van der Waals surface area contributed by atoms with Crippen LogP contribution in [0.4, 0.5) is 0 Å². The molecule has 1 aliphatic rings. The van der Waals surface area contributed by atoms with E-state index in [1.54, 1.807) is 22.2 Å². The number of rotatable bonds is 3. The number of hydrogen-bond donors (Lipinski definition) is 1. The second-order valence-corrected chi connectivity index (χ2v) is 6.98. The van der Waals surface area contributed by atoms with Crippen molar-refractivity contribution in [3.63, 3.8) is 0 Å². The van der Waals surface area contributed by atoms with Crippen LogP contribution >= 0.6 is 11.3 Å². The largest absolute Gasteiger partial charge is 0.250 e. The molecule has 0 radical (unpaired) electrons. The van der Waals surface area contributed by atoms with Gasteiger partial charge in [0.05, 0.1) is 6.04 Å². The maximum Gasteiger partial charge on any atom is 0.250 e. The van der Waals surface area contributed by atoms with Gasteiger partial charge in [0.25, 0.3) is 10.0 Å². The lowest BCUT2D eigenvalue weighted by atomic mass is 10.1. The molecular formula is C10H12N4O2S2. The lowest BCUT2D eigenvalue weighted by molar-refractivity contribution is 0.400. The summed E-state index contributed by atoms with van der Waals surface area (Å²) in [5.74, 6) is 0.696. The average Bonchev–Trinajstić information content (AvgIpc) is 3.00. The highest BCUT2D eigenvalue weighted by atomic mass is 32.2. The van der Waals surface area contributed by atoms with Crippen molar-refractivity contribution in [1.29, 1.82) is 0 Å². The van der Waals surface area contributed by atoms with E-state index in [1.165, 1.54) is 17.7 Å². The van der Waals surface area contributed by atoms with Crippen molar-refractivity contribution >= 4 is 21.4 Å². The summed E-state index contributed by atoms with van der Waals surface area (Å²) in [4.78, 5) is 4.13. The molecule has 3 rings (SSSR count). The topological polar surface area (TPSA) is 76.9 Å². The predicted molar refractivity (Wildman–Crippen MR) is 66.6 cm³/mol. The molecule has 2 aromatic heterocycles. The standard InChI is InChI=1S/C10H12N4O2S2/c15-18(16,9-4-2-6-17-9)13-8-3-1-5-14-10(8)11-7-12-14/h2,4,6-8,13H,1,3,5H2. The summed E-state index contributed by atoms with van der Waals surface area (Å²) in [6.07, 6.45) is 3.12. The fourth-order valence-corrected chi connectivity index (χ4v) is 4.30. The molecule has 0 amide bonds. The van der Waals surface area contributed by atoms with Crippen molar-refractivity contribution in [3.8, 4) is 0 Å². The first-order valence-electron chi connectivity index (χ1n) is 5.60. The minimum absolute atomic E-state index is 0.284. The molecule has 1 unspecified atom stereocenters. The average molecular weight is 284 g/mol. The van der Waals surface area contributed by atoms with Crippen molar-refractivity contribution < 1.29 is 8.42 Å². The van der Waals surface area contributed by atoms with Crippen LogP contribution < -0.4 is 4.72 Å². The van der Waals surface area contributed by atoms with Gasteiger partial charge in [-0.2, -0.15) is 9.82 Å². The van der Waals surface area contributed by atoms with Crippen LogP contribution in [0.15, 0.2) is 28.0 Å². The highest BCUT2D eigenvalue weighted by Gasteiger charge is 2.27. The van der Waals surface area contributed by atoms with Gasteiger partial charge in [0.2, 0.25) is 0 Å². The van der Waals surface area contributed by atoms with E-state index in [9.17, 15) is 8.42 Å². The SMILES string of the molecule is O=S(=O)(NC1CCCn2ncnc21)c1cccs1. The van der Waals surface area contributed by atoms with Crippen LogP contribution in [0.5, 0.6) is 0 Å². The van der Waals surface area contributed by atoms with Gasteiger partial charge in [0.1, 0.15) is 16.4 Å². The first kappa shape index (κ1) is 11.8. The van der Waals surface area contributed by atoms with E-state index in [1.807, 2.05) is 0 Å². The number of aryl methyl sites for hydroxylation is 1. The van der Waals surface area contributed by atoms with Gasteiger partial charge < -0.3 is 0 Å². The van der Waals surface area contributed by atoms with Crippen LogP contribution in [0.3, 0.4) is 0 Å². The highest BCUT2D eigenvalue weighted by molar-refractivity contribution is 7.91. The molecule has 3 heterocycles. The molecule has 0 spiro atoms. The first-order chi connectivity index (χ1) is 8.67. The summed E-state index contributed by atoms with van der Waals surface area (Å²) < 4.78 is 29.1. The molecule has 0 saturated heterocycles. The highest BCUT2D eigenvalue weighted by Crippen LogP contribution is 2.25. The number of thiophene rings is 1. The van der Waals surface area contributed by atoms with Gasteiger partial charge in [0, 0.05) is 6.54 Å². The molecule has 1 aliphatic heterocycles. The fourth-order valence-electron chi connectivity index (χ4n) is 2.06. The minimum atomic E-state index is -3.45. The summed E-state index contributed by atoms with van der Waals surface area (Å²) in [5, 5.41) is 5.82. The molecule has 2 aromatic rings. The number of hydrogen-bond acceptors (Lipinski definition) is 5. The van der Waals surface area contributed by atoms with Gasteiger partial charge in [-0.1, -0.05) is 6.07 Å². The van der Waals surface area contributed by atoms with Crippen LogP contribution in [0.2, 0.25) is 0 Å². The normalized spacial score (nSPS) is 19.7. The summed E-state index contributed by atoms with van der Waals surface area (Å²) >= 11 is 1.21. The first-order valence-corrected chi connectivity index (χ1v) is 7.97. The smallest absolute Gasteiger partial charge is 0.248 e. The minimum Gasteiger partial charge on any atom is -0.248 e. The monoisotopic (exact) mass is 284 g/mol. The summed E-state index contributed by atoms with van der Waals surface area (Å²) in [7, 11) is -3.45. The van der Waals surface area contributed by atoms with Crippen molar-refractivity contribution in [2.45, 2.75) is 29.6 Å². The van der Waals surface area contributed by atoms with E-state index < -0.39 is 10.0 Å². The Morgan fingerprint density at radius 1 is 1.50 bits per heavy atom. The molecule has 1 atom stereocenters. The van der Waals surface area contributed by atoms with Crippen LogP contribution in [-0.2, 0) is 16.6 Å². The Hall–Kier alpha value is -1.25. The van der Waals surface area contributed by atoms with Crippen LogP contribution in [0, 0.1) is 0 Å². The van der Waals surface area contributed by atoms with Gasteiger partial charge in [0.15, 0.2) is 0 Å². The van der Waals surface area contributed by atoms with Gasteiger partial charge >= 0.3 is 0 Å². The van der Waals surface area contributed by atoms with Crippen molar-refractivity contribution in [3.05, 3.63) is 29.7 Å². The molecule has 0 aromatic carbocycles. The van der Waals surface area contributed by atoms with E-state index in [0.29, 0.717) is 10.0 Å². The summed E-state index contributed by atoms with van der Waals surface area (Å²) in [5.41, 5.74) is 0. The third kappa shape index (κ3) is 2.06. The zero-order valence-electron chi connectivity index (χ0n) is 9.48. The second-order valence-electron chi connectivity index (χ2n) is 4.09. The van der Waals surface area contributed by atoms with E-state index >= 15 is 0 Å². The van der Waals surface area contributed by atoms with Crippen molar-refractivity contribution in [2.24, 2.45) is 0 Å². The van der Waals surface area contributed by atoms with Crippen LogP contribution in [0.1, 0.15) is 24.7 Å². The van der Waals surface area contributed by atoms with Gasteiger partial charge in [-0.05, 0) is 24.3 Å². The summed E-state index contributed by atoms with van der Waals surface area (Å²) in [6.45, 7) is 0.798. The zero-order valence-corrected chi connectivity index (χ0v) is 11.1. The molecule has 8 heteroatoms. The zero-order chi connectivity index (χ0) is 12.6. The lowest BCUT2D eigenvalue weighted by Crippen LogP contribution is -2.33. The van der Waals surface area contributed by atoms with E-state index in [-0.39, 0.29) is 6.04 Å². The molecule has 0 bridgehead atoms. The molecular weight excluding hydrogens is 272 g/mol. The Bertz CT molecular complexity index is 633. The quantitative estimate of drug-likeness (QED) is 0.917. The molecule has 0 saturated carbocycles. The van der Waals surface area contributed by atoms with Crippen molar-refractivity contribution in [2.75, 3.05) is 0 Å². The predicted octanol–water partition coefficient (Wildman–Crippen LogP) is 1.15.